The van der Waals surface area contributed by atoms with Gasteiger partial charge in [-0.15, -0.1) is 5.10 Å². The first-order valence-corrected chi connectivity index (χ1v) is 5.73. The third-order valence-corrected chi connectivity index (χ3v) is 2.83. The van der Waals surface area contributed by atoms with Crippen LogP contribution in [0.5, 0.6) is 0 Å². The van der Waals surface area contributed by atoms with E-state index < -0.39 is 0 Å². The number of hydrogen-bond donors (Lipinski definition) is 1. The van der Waals surface area contributed by atoms with Crippen molar-refractivity contribution in [1.82, 2.24) is 10.2 Å². The largest absolute Gasteiger partial charge is 0.414 e. The molecule has 1 aromatic carbocycles. The van der Waals surface area contributed by atoms with E-state index >= 15 is 0 Å². The van der Waals surface area contributed by atoms with Crippen molar-refractivity contribution in [2.45, 2.75) is 19.3 Å². The van der Waals surface area contributed by atoms with E-state index in [9.17, 15) is 0 Å². The molecule has 0 aliphatic carbocycles. The summed E-state index contributed by atoms with van der Waals surface area (Å²) in [6.45, 7) is 2.11. The van der Waals surface area contributed by atoms with Gasteiger partial charge >= 0.3 is 0 Å². The van der Waals surface area contributed by atoms with Crippen LogP contribution < -0.4 is 0 Å². The van der Waals surface area contributed by atoms with Gasteiger partial charge in [0.25, 0.3) is 4.84 Å². The van der Waals surface area contributed by atoms with E-state index in [4.69, 9.17) is 28.2 Å². The Morgan fingerprint density at radius 2 is 2.12 bits per heavy atom. The number of benzene rings is 1. The Kier molecular flexibility index (Phi) is 3.41. The van der Waals surface area contributed by atoms with Crippen LogP contribution in [0.15, 0.2) is 28.7 Å². The van der Waals surface area contributed by atoms with Crippen molar-refractivity contribution < 1.29 is 4.42 Å². The van der Waals surface area contributed by atoms with Crippen LogP contribution in [0.1, 0.15) is 24.3 Å². The van der Waals surface area contributed by atoms with Crippen LogP contribution in [0, 0.1) is 4.84 Å². The maximum absolute atomic E-state index is 5.83. The number of aromatic nitrogens is 2. The first kappa shape index (κ1) is 11.4. The van der Waals surface area contributed by atoms with E-state index in [1.54, 1.807) is 0 Å². The summed E-state index contributed by atoms with van der Waals surface area (Å²) < 4.78 is 5.22. The maximum Gasteiger partial charge on any atom is 0.284 e. The SMILES string of the molecule is CC(Cc1n[nH]c(=S)o1)c1ccc(Cl)cc1. The van der Waals surface area contributed by atoms with Gasteiger partial charge in [-0.1, -0.05) is 30.7 Å². The predicted octanol–water partition coefficient (Wildman–Crippen LogP) is 3.73. The molecule has 0 aliphatic rings. The Labute approximate surface area is 103 Å². The summed E-state index contributed by atoms with van der Waals surface area (Å²) in [5.41, 5.74) is 1.20. The highest BCUT2D eigenvalue weighted by Crippen LogP contribution is 2.21. The van der Waals surface area contributed by atoms with Crippen molar-refractivity contribution in [1.29, 1.82) is 0 Å². The lowest BCUT2D eigenvalue weighted by atomic mass is 9.98. The van der Waals surface area contributed by atoms with Gasteiger partial charge in [0.2, 0.25) is 5.89 Å². The molecule has 2 rings (SSSR count). The van der Waals surface area contributed by atoms with E-state index in [1.807, 2.05) is 24.3 Å². The van der Waals surface area contributed by atoms with Gasteiger partial charge in [-0.3, -0.25) is 0 Å². The molecule has 84 valence electrons. The molecule has 1 heterocycles. The highest BCUT2D eigenvalue weighted by atomic mass is 35.5. The summed E-state index contributed by atoms with van der Waals surface area (Å²) in [4.78, 5) is 0.318. The summed E-state index contributed by atoms with van der Waals surface area (Å²) in [5.74, 6) is 0.950. The Bertz CT molecular complexity index is 517. The minimum atomic E-state index is 0.318. The third-order valence-electron chi connectivity index (χ3n) is 2.40. The van der Waals surface area contributed by atoms with Gasteiger partial charge in [-0.2, -0.15) is 0 Å². The highest BCUT2D eigenvalue weighted by Gasteiger charge is 2.10. The van der Waals surface area contributed by atoms with Crippen molar-refractivity contribution in [2.75, 3.05) is 0 Å². The molecular formula is C11H11ClN2OS. The number of H-pyrrole nitrogens is 1. The van der Waals surface area contributed by atoms with Gasteiger partial charge in [0.05, 0.1) is 0 Å². The molecule has 0 saturated heterocycles. The third kappa shape index (κ3) is 2.71. The van der Waals surface area contributed by atoms with Gasteiger partial charge in [-0.05, 0) is 35.8 Å². The standard InChI is InChI=1S/C11H11ClN2OS/c1-7(6-10-13-14-11(16)15-10)8-2-4-9(12)5-3-8/h2-5,7H,6H2,1H3,(H,14,16). The smallest absolute Gasteiger partial charge is 0.284 e. The first-order chi connectivity index (χ1) is 7.65. The molecule has 0 spiro atoms. The number of rotatable bonds is 3. The topological polar surface area (TPSA) is 41.8 Å². The Balaban J connectivity index is 2.11. The van der Waals surface area contributed by atoms with Crippen LogP contribution in [-0.2, 0) is 6.42 Å². The van der Waals surface area contributed by atoms with Crippen LogP contribution in [0.3, 0.4) is 0 Å². The minimum absolute atomic E-state index is 0.318. The van der Waals surface area contributed by atoms with Gasteiger partial charge in [0.1, 0.15) is 0 Å². The van der Waals surface area contributed by atoms with E-state index in [0.717, 1.165) is 11.4 Å². The Hall–Kier alpha value is -1.13. The lowest BCUT2D eigenvalue weighted by Crippen LogP contribution is -1.98. The van der Waals surface area contributed by atoms with Crippen LogP contribution in [-0.4, -0.2) is 10.2 Å². The van der Waals surface area contributed by atoms with Gasteiger partial charge < -0.3 is 4.42 Å². The Morgan fingerprint density at radius 3 is 2.69 bits per heavy atom. The molecule has 0 amide bonds. The normalized spacial score (nSPS) is 12.6. The van der Waals surface area contributed by atoms with Crippen molar-refractivity contribution >= 4 is 23.8 Å². The summed E-state index contributed by atoms with van der Waals surface area (Å²) in [6.07, 6.45) is 0.717. The number of nitrogens with one attached hydrogen (secondary N) is 1. The van der Waals surface area contributed by atoms with Crippen molar-refractivity contribution in [3.8, 4) is 0 Å². The molecular weight excluding hydrogens is 244 g/mol. The molecule has 1 N–H and O–H groups in total. The highest BCUT2D eigenvalue weighted by molar-refractivity contribution is 7.71. The summed E-state index contributed by atoms with van der Waals surface area (Å²) in [7, 11) is 0. The predicted molar refractivity (Wildman–Crippen MR) is 65.3 cm³/mol. The Morgan fingerprint density at radius 1 is 1.44 bits per heavy atom. The lowest BCUT2D eigenvalue weighted by molar-refractivity contribution is 0.466. The van der Waals surface area contributed by atoms with Crippen molar-refractivity contribution in [3.63, 3.8) is 0 Å². The van der Waals surface area contributed by atoms with Crippen LogP contribution in [0.25, 0.3) is 0 Å². The fourth-order valence-corrected chi connectivity index (χ4v) is 1.79. The second kappa shape index (κ2) is 4.80. The molecule has 0 aliphatic heterocycles. The summed E-state index contributed by atoms with van der Waals surface area (Å²) >= 11 is 10.6. The zero-order chi connectivity index (χ0) is 11.5. The number of aromatic amines is 1. The van der Waals surface area contributed by atoms with E-state index in [1.165, 1.54) is 5.56 Å². The molecule has 0 bridgehead atoms. The minimum Gasteiger partial charge on any atom is -0.414 e. The number of nitrogens with zero attached hydrogens (tertiary/aromatic N) is 1. The molecule has 3 nitrogen and oxygen atoms in total. The molecule has 0 radical (unpaired) electrons. The second-order valence-electron chi connectivity index (χ2n) is 3.66. The summed E-state index contributed by atoms with van der Waals surface area (Å²) in [5, 5.41) is 7.33. The molecule has 1 aromatic heterocycles. The average Bonchev–Trinajstić information content (AvgIpc) is 2.65. The fourth-order valence-electron chi connectivity index (χ4n) is 1.52. The molecule has 0 saturated carbocycles. The zero-order valence-electron chi connectivity index (χ0n) is 8.74. The summed E-state index contributed by atoms with van der Waals surface area (Å²) in [6, 6.07) is 7.78. The molecule has 1 atom stereocenters. The van der Waals surface area contributed by atoms with Crippen molar-refractivity contribution in [2.24, 2.45) is 0 Å². The van der Waals surface area contributed by atoms with Gasteiger partial charge in [-0.25, -0.2) is 5.10 Å². The van der Waals surface area contributed by atoms with Crippen LogP contribution >= 0.6 is 23.8 Å². The average molecular weight is 255 g/mol. The van der Waals surface area contributed by atoms with Gasteiger partial charge in [0, 0.05) is 11.4 Å². The molecule has 0 fully saturated rings. The lowest BCUT2D eigenvalue weighted by Gasteiger charge is -2.08. The number of hydrogen-bond acceptors (Lipinski definition) is 3. The monoisotopic (exact) mass is 254 g/mol. The van der Waals surface area contributed by atoms with E-state index in [2.05, 4.69) is 17.1 Å². The van der Waals surface area contributed by atoms with E-state index in [-0.39, 0.29) is 0 Å². The molecule has 16 heavy (non-hydrogen) atoms. The molecule has 1 unspecified atom stereocenters. The maximum atomic E-state index is 5.83. The number of halogens is 1. The van der Waals surface area contributed by atoms with Crippen LogP contribution in [0.2, 0.25) is 5.02 Å². The van der Waals surface area contributed by atoms with Gasteiger partial charge in [0.15, 0.2) is 0 Å². The first-order valence-electron chi connectivity index (χ1n) is 4.95. The molecule has 5 heteroatoms. The zero-order valence-corrected chi connectivity index (χ0v) is 10.3. The molecule has 2 aromatic rings. The van der Waals surface area contributed by atoms with E-state index in [0.29, 0.717) is 16.6 Å². The van der Waals surface area contributed by atoms with Crippen LogP contribution in [0.4, 0.5) is 0 Å². The quantitative estimate of drug-likeness (QED) is 0.849. The van der Waals surface area contributed by atoms with Crippen molar-refractivity contribution in [3.05, 3.63) is 45.6 Å². The fraction of sp³-hybridized carbons (Fsp3) is 0.273. The second-order valence-corrected chi connectivity index (χ2v) is 4.47.